The largest absolute Gasteiger partial charge is 0.307 e. The molecule has 0 radical (unpaired) electrons. The van der Waals surface area contributed by atoms with Gasteiger partial charge in [0.15, 0.2) is 4.77 Å². The zero-order valence-electron chi connectivity index (χ0n) is 16.6. The number of hydrogen-bond donors (Lipinski definition) is 0. The van der Waals surface area contributed by atoms with Gasteiger partial charge in [0.2, 0.25) is 10.0 Å². The monoisotopic (exact) mass is 421 g/mol. The molecule has 4 rings (SSSR count). The average Bonchev–Trinajstić information content (AvgIpc) is 3.47. The molecule has 1 aromatic carbocycles. The van der Waals surface area contributed by atoms with Gasteiger partial charge in [0.05, 0.1) is 11.6 Å². The second-order valence-corrected chi connectivity index (χ2v) is 10.2. The van der Waals surface area contributed by atoms with Crippen LogP contribution in [-0.2, 0) is 23.7 Å². The fraction of sp³-hybridized carbons (Fsp3) is 0.579. The third kappa shape index (κ3) is 3.68. The summed E-state index contributed by atoms with van der Waals surface area (Å²) in [5.41, 5.74) is 2.09. The summed E-state index contributed by atoms with van der Waals surface area (Å²) in [6, 6.07) is 5.35. The lowest BCUT2D eigenvalue weighted by Crippen LogP contribution is -2.49. The zero-order chi connectivity index (χ0) is 20.1. The summed E-state index contributed by atoms with van der Waals surface area (Å²) in [4.78, 5) is 2.59. The molecule has 0 bridgehead atoms. The van der Waals surface area contributed by atoms with Crippen LogP contribution in [0.3, 0.4) is 0 Å². The van der Waals surface area contributed by atoms with Crippen LogP contribution in [0.2, 0.25) is 0 Å². The Bertz CT molecular complexity index is 1040. The number of aromatic nitrogens is 3. The van der Waals surface area contributed by atoms with Crippen LogP contribution in [0, 0.1) is 18.6 Å². The van der Waals surface area contributed by atoms with Gasteiger partial charge in [0.25, 0.3) is 0 Å². The van der Waals surface area contributed by atoms with Crippen LogP contribution in [0.25, 0.3) is 0 Å². The summed E-state index contributed by atoms with van der Waals surface area (Å²) < 4.78 is 32.1. The smallest absolute Gasteiger partial charge is 0.243 e. The van der Waals surface area contributed by atoms with Crippen molar-refractivity contribution in [3.8, 4) is 0 Å². The van der Waals surface area contributed by atoms with Gasteiger partial charge in [-0.2, -0.15) is 9.40 Å². The molecule has 0 amide bonds. The molecule has 2 aliphatic rings. The Balaban J connectivity index is 1.42. The first kappa shape index (κ1) is 19.8. The van der Waals surface area contributed by atoms with Crippen molar-refractivity contribution in [1.29, 1.82) is 0 Å². The SMILES string of the molecule is Cc1ccc(S(=O)(=O)N2CCN(Cn3nc(C4CC4)n(C)c3=S)CC2)cc1C. The van der Waals surface area contributed by atoms with Crippen LogP contribution in [0.5, 0.6) is 0 Å². The van der Waals surface area contributed by atoms with Gasteiger partial charge in [-0.15, -0.1) is 0 Å². The Hall–Kier alpha value is -1.55. The van der Waals surface area contributed by atoms with E-state index in [2.05, 4.69) is 4.90 Å². The van der Waals surface area contributed by atoms with Gasteiger partial charge in [-0.05, 0) is 62.2 Å². The molecule has 1 saturated carbocycles. The summed E-state index contributed by atoms with van der Waals surface area (Å²) in [5.74, 6) is 1.62. The van der Waals surface area contributed by atoms with Gasteiger partial charge >= 0.3 is 0 Å². The van der Waals surface area contributed by atoms with Crippen LogP contribution < -0.4 is 0 Å². The fourth-order valence-corrected chi connectivity index (χ4v) is 5.32. The first-order valence-corrected chi connectivity index (χ1v) is 11.6. The Morgan fingerprint density at radius 1 is 1.11 bits per heavy atom. The maximum absolute atomic E-state index is 13.0. The van der Waals surface area contributed by atoms with Crippen LogP contribution in [-0.4, -0.2) is 58.1 Å². The molecular weight excluding hydrogens is 394 g/mol. The van der Waals surface area contributed by atoms with E-state index in [1.165, 1.54) is 12.8 Å². The number of hydrogen-bond acceptors (Lipinski definition) is 5. The Morgan fingerprint density at radius 2 is 1.79 bits per heavy atom. The molecular formula is C19H27N5O2S2. The number of aryl methyl sites for hydroxylation is 2. The molecule has 1 aliphatic heterocycles. The van der Waals surface area contributed by atoms with Crippen LogP contribution >= 0.6 is 12.2 Å². The van der Waals surface area contributed by atoms with E-state index in [9.17, 15) is 8.42 Å². The van der Waals surface area contributed by atoms with E-state index in [0.29, 0.717) is 43.7 Å². The van der Waals surface area contributed by atoms with Crippen molar-refractivity contribution in [3.63, 3.8) is 0 Å². The predicted octanol–water partition coefficient (Wildman–Crippen LogP) is 2.41. The summed E-state index contributed by atoms with van der Waals surface area (Å²) in [6.07, 6.45) is 2.38. The second-order valence-electron chi connectivity index (χ2n) is 7.88. The highest BCUT2D eigenvalue weighted by Gasteiger charge is 2.31. The van der Waals surface area contributed by atoms with Crippen LogP contribution in [0.4, 0.5) is 0 Å². The summed E-state index contributed by atoms with van der Waals surface area (Å²) >= 11 is 5.53. The van der Waals surface area contributed by atoms with Crippen molar-refractivity contribution in [2.75, 3.05) is 26.2 Å². The quantitative estimate of drug-likeness (QED) is 0.694. The molecule has 2 aromatic rings. The lowest BCUT2D eigenvalue weighted by Gasteiger charge is -2.33. The zero-order valence-corrected chi connectivity index (χ0v) is 18.3. The number of sulfonamides is 1. The molecule has 28 heavy (non-hydrogen) atoms. The lowest BCUT2D eigenvalue weighted by molar-refractivity contribution is 0.144. The minimum absolute atomic E-state index is 0.380. The molecule has 1 aliphatic carbocycles. The molecule has 7 nitrogen and oxygen atoms in total. The summed E-state index contributed by atoms with van der Waals surface area (Å²) in [6.45, 7) is 6.83. The molecule has 0 atom stereocenters. The third-order valence-electron chi connectivity index (χ3n) is 5.80. The molecule has 2 heterocycles. The predicted molar refractivity (Wildman–Crippen MR) is 110 cm³/mol. The van der Waals surface area contributed by atoms with Crippen molar-refractivity contribution >= 4 is 22.2 Å². The van der Waals surface area contributed by atoms with E-state index in [4.69, 9.17) is 17.3 Å². The normalized spacial score (nSPS) is 19.2. The van der Waals surface area contributed by atoms with Gasteiger partial charge in [0.1, 0.15) is 5.82 Å². The van der Waals surface area contributed by atoms with Crippen LogP contribution in [0.15, 0.2) is 23.1 Å². The Labute approximate surface area is 171 Å². The van der Waals surface area contributed by atoms with Crippen molar-refractivity contribution in [2.45, 2.75) is 44.2 Å². The molecule has 1 saturated heterocycles. The minimum atomic E-state index is -3.45. The average molecular weight is 422 g/mol. The van der Waals surface area contributed by atoms with Gasteiger partial charge in [-0.3, -0.25) is 4.90 Å². The highest BCUT2D eigenvalue weighted by Crippen LogP contribution is 2.38. The topological polar surface area (TPSA) is 63.4 Å². The van der Waals surface area contributed by atoms with Gasteiger partial charge in [-0.25, -0.2) is 13.1 Å². The molecule has 2 fully saturated rings. The molecule has 1 aromatic heterocycles. The summed E-state index contributed by atoms with van der Waals surface area (Å²) in [5, 5.41) is 4.70. The molecule has 0 unspecified atom stereocenters. The van der Waals surface area contributed by atoms with Crippen molar-refractivity contribution in [2.24, 2.45) is 7.05 Å². The maximum atomic E-state index is 13.0. The highest BCUT2D eigenvalue weighted by atomic mass is 32.2. The number of piperazine rings is 1. The first-order chi connectivity index (χ1) is 13.3. The Morgan fingerprint density at radius 3 is 2.39 bits per heavy atom. The maximum Gasteiger partial charge on any atom is 0.243 e. The minimum Gasteiger partial charge on any atom is -0.307 e. The number of benzene rings is 1. The van der Waals surface area contributed by atoms with Crippen LogP contribution in [0.1, 0.15) is 35.7 Å². The van der Waals surface area contributed by atoms with Crippen molar-refractivity contribution < 1.29 is 8.42 Å². The Kier molecular flexibility index (Phi) is 5.20. The van der Waals surface area contributed by atoms with Crippen molar-refractivity contribution in [1.82, 2.24) is 23.6 Å². The van der Waals surface area contributed by atoms with E-state index in [1.807, 2.05) is 36.2 Å². The number of rotatable bonds is 5. The molecule has 9 heteroatoms. The lowest BCUT2D eigenvalue weighted by atomic mass is 10.1. The van der Waals surface area contributed by atoms with Gasteiger partial charge < -0.3 is 4.57 Å². The summed E-state index contributed by atoms with van der Waals surface area (Å²) in [7, 11) is -1.47. The van der Waals surface area contributed by atoms with E-state index in [0.717, 1.165) is 21.7 Å². The standard InChI is InChI=1S/C19H27N5O2S2/c1-14-4-7-17(12-15(14)2)28(25,26)23-10-8-22(9-11-23)13-24-19(27)21(3)18(20-24)16-5-6-16/h4,7,12,16H,5-6,8-11,13H2,1-3H3. The second kappa shape index (κ2) is 7.37. The highest BCUT2D eigenvalue weighted by molar-refractivity contribution is 7.89. The van der Waals surface area contributed by atoms with E-state index in [1.54, 1.807) is 16.4 Å². The van der Waals surface area contributed by atoms with Gasteiger partial charge in [-0.1, -0.05) is 6.07 Å². The van der Waals surface area contributed by atoms with Gasteiger partial charge in [0, 0.05) is 39.1 Å². The molecule has 0 spiro atoms. The molecule has 0 N–H and O–H groups in total. The van der Waals surface area contributed by atoms with Crippen molar-refractivity contribution in [3.05, 3.63) is 39.9 Å². The van der Waals surface area contributed by atoms with E-state index < -0.39 is 10.0 Å². The first-order valence-electron chi connectivity index (χ1n) is 9.71. The number of nitrogens with zero attached hydrogens (tertiary/aromatic N) is 5. The van der Waals surface area contributed by atoms with E-state index in [-0.39, 0.29) is 0 Å². The fourth-order valence-electron chi connectivity index (χ4n) is 3.62. The third-order valence-corrected chi connectivity index (χ3v) is 8.18. The molecule has 152 valence electrons. The van der Waals surface area contributed by atoms with E-state index >= 15 is 0 Å².